The van der Waals surface area contributed by atoms with Gasteiger partial charge in [-0.2, -0.15) is 0 Å². The van der Waals surface area contributed by atoms with Crippen LogP contribution in [0.1, 0.15) is 31.2 Å². The molecule has 1 heterocycles. The van der Waals surface area contributed by atoms with Crippen molar-refractivity contribution in [3.05, 3.63) is 11.9 Å². The van der Waals surface area contributed by atoms with Gasteiger partial charge in [0.2, 0.25) is 17.7 Å². The largest absolute Gasteiger partial charge is 0.481 e. The summed E-state index contributed by atoms with van der Waals surface area (Å²) in [5.41, 5.74) is 0.782. The van der Waals surface area contributed by atoms with Crippen molar-refractivity contribution in [2.24, 2.45) is 0 Å². The Morgan fingerprint density at radius 3 is 2.52 bits per heavy atom. The number of aromatic nitrogens is 2. The predicted octanol–water partition coefficient (Wildman–Crippen LogP) is 0.642. The van der Waals surface area contributed by atoms with Crippen molar-refractivity contribution in [1.82, 2.24) is 20.6 Å². The van der Waals surface area contributed by atoms with Crippen LogP contribution in [0.5, 0.6) is 11.8 Å². The zero-order valence-corrected chi connectivity index (χ0v) is 12.5. The van der Waals surface area contributed by atoms with E-state index in [1.807, 2.05) is 0 Å². The second-order valence-corrected chi connectivity index (χ2v) is 4.99. The van der Waals surface area contributed by atoms with Crippen molar-refractivity contribution < 1.29 is 14.3 Å². The number of ether oxygens (including phenoxy) is 2. The minimum Gasteiger partial charge on any atom is -0.481 e. The van der Waals surface area contributed by atoms with Crippen molar-refractivity contribution in [3.8, 4) is 11.8 Å². The number of hydrogen-bond donors (Lipinski definition) is 2. The Bertz CT molecular complexity index is 455. The van der Waals surface area contributed by atoms with Gasteiger partial charge in [-0.15, -0.1) is 0 Å². The molecule has 7 heteroatoms. The van der Waals surface area contributed by atoms with Gasteiger partial charge in [-0.1, -0.05) is 0 Å². The monoisotopic (exact) mass is 294 g/mol. The molecule has 2 N–H and O–H groups in total. The van der Waals surface area contributed by atoms with Crippen LogP contribution in [0, 0.1) is 0 Å². The number of nitrogens with zero attached hydrogens (tertiary/aromatic N) is 2. The molecule has 2 rings (SSSR count). The van der Waals surface area contributed by atoms with Crippen molar-refractivity contribution in [3.63, 3.8) is 0 Å². The second-order valence-electron chi connectivity index (χ2n) is 4.99. The molecule has 0 bridgehead atoms. The Labute approximate surface area is 124 Å². The van der Waals surface area contributed by atoms with Crippen LogP contribution in [0.15, 0.2) is 6.33 Å². The van der Waals surface area contributed by atoms with E-state index in [0.29, 0.717) is 30.8 Å². The van der Waals surface area contributed by atoms with Gasteiger partial charge in [-0.05, 0) is 25.8 Å². The van der Waals surface area contributed by atoms with Gasteiger partial charge in [-0.3, -0.25) is 4.79 Å². The average molecular weight is 294 g/mol. The molecule has 1 amide bonds. The maximum Gasteiger partial charge on any atom is 0.224 e. The lowest BCUT2D eigenvalue weighted by molar-refractivity contribution is -0.121. The summed E-state index contributed by atoms with van der Waals surface area (Å²) in [6.07, 6.45) is 4.98. The van der Waals surface area contributed by atoms with Gasteiger partial charge in [0, 0.05) is 19.0 Å². The lowest BCUT2D eigenvalue weighted by atomic mass is 10.2. The maximum atomic E-state index is 11.5. The molecule has 1 aromatic rings. The molecular weight excluding hydrogens is 272 g/mol. The molecule has 1 aromatic heterocycles. The molecule has 0 radical (unpaired) electrons. The van der Waals surface area contributed by atoms with Gasteiger partial charge < -0.3 is 20.1 Å². The first kappa shape index (κ1) is 15.5. The van der Waals surface area contributed by atoms with Crippen molar-refractivity contribution in [2.75, 3.05) is 20.8 Å². The molecule has 21 heavy (non-hydrogen) atoms. The van der Waals surface area contributed by atoms with Crippen LogP contribution in [0.4, 0.5) is 0 Å². The fraction of sp³-hybridized carbons (Fsp3) is 0.643. The van der Waals surface area contributed by atoms with Gasteiger partial charge in [0.15, 0.2) is 0 Å². The van der Waals surface area contributed by atoms with Crippen molar-refractivity contribution in [2.45, 2.75) is 38.3 Å². The molecular formula is C14H22N4O3. The lowest BCUT2D eigenvalue weighted by Crippen LogP contribution is -2.26. The zero-order chi connectivity index (χ0) is 15.1. The van der Waals surface area contributed by atoms with Gasteiger partial charge >= 0.3 is 0 Å². The fourth-order valence-electron chi connectivity index (χ4n) is 2.00. The van der Waals surface area contributed by atoms with E-state index in [-0.39, 0.29) is 5.91 Å². The highest BCUT2D eigenvalue weighted by Gasteiger charge is 2.22. The molecule has 0 spiro atoms. The first-order valence-electron chi connectivity index (χ1n) is 7.16. The van der Waals surface area contributed by atoms with Crippen LogP contribution >= 0.6 is 0 Å². The number of carbonyl (C=O) groups is 1. The van der Waals surface area contributed by atoms with E-state index in [2.05, 4.69) is 20.6 Å². The Morgan fingerprint density at radius 1 is 1.29 bits per heavy atom. The number of amides is 1. The molecule has 7 nitrogen and oxygen atoms in total. The highest BCUT2D eigenvalue weighted by atomic mass is 16.5. The summed E-state index contributed by atoms with van der Waals surface area (Å²) in [6, 6.07) is 0.431. The topological polar surface area (TPSA) is 85.4 Å². The van der Waals surface area contributed by atoms with E-state index < -0.39 is 0 Å². The van der Waals surface area contributed by atoms with Crippen LogP contribution in [-0.4, -0.2) is 42.7 Å². The highest BCUT2D eigenvalue weighted by molar-refractivity contribution is 5.76. The molecule has 0 aromatic carbocycles. The van der Waals surface area contributed by atoms with Crippen LogP contribution in [0.25, 0.3) is 0 Å². The Morgan fingerprint density at radius 2 is 1.95 bits per heavy atom. The quantitative estimate of drug-likeness (QED) is 0.650. The SMILES string of the molecule is COc1ncnc(OC)c1CNCCCC(=O)NC1CC1. The zero-order valence-electron chi connectivity index (χ0n) is 12.5. The van der Waals surface area contributed by atoms with E-state index in [1.54, 1.807) is 14.2 Å². The van der Waals surface area contributed by atoms with Gasteiger partial charge in [0.25, 0.3) is 0 Å². The Kier molecular flexibility index (Phi) is 5.74. The summed E-state index contributed by atoms with van der Waals surface area (Å²) in [6.45, 7) is 1.27. The second kappa shape index (κ2) is 7.78. The van der Waals surface area contributed by atoms with Crippen LogP contribution < -0.4 is 20.1 Å². The van der Waals surface area contributed by atoms with Gasteiger partial charge in [0.1, 0.15) is 6.33 Å². The summed E-state index contributed by atoms with van der Waals surface area (Å²) in [5.74, 6) is 1.14. The first-order chi connectivity index (χ1) is 10.2. The van der Waals surface area contributed by atoms with E-state index in [9.17, 15) is 4.79 Å². The standard InChI is InChI=1S/C14H22N4O3/c1-20-13-11(14(21-2)17-9-16-13)8-15-7-3-4-12(19)18-10-5-6-10/h9-10,15H,3-8H2,1-2H3,(H,18,19). The van der Waals surface area contributed by atoms with Crippen LogP contribution in [0.3, 0.4) is 0 Å². The van der Waals surface area contributed by atoms with Crippen molar-refractivity contribution in [1.29, 1.82) is 0 Å². The van der Waals surface area contributed by atoms with E-state index >= 15 is 0 Å². The molecule has 0 unspecified atom stereocenters. The number of nitrogens with one attached hydrogen (secondary N) is 2. The number of hydrogen-bond acceptors (Lipinski definition) is 6. The minimum atomic E-state index is 0.137. The average Bonchev–Trinajstić information content (AvgIpc) is 3.30. The fourth-order valence-corrected chi connectivity index (χ4v) is 2.00. The molecule has 0 saturated heterocycles. The van der Waals surface area contributed by atoms with E-state index in [1.165, 1.54) is 6.33 Å². The summed E-state index contributed by atoms with van der Waals surface area (Å²) in [5, 5.41) is 6.23. The lowest BCUT2D eigenvalue weighted by Gasteiger charge is -2.11. The maximum absolute atomic E-state index is 11.5. The molecule has 0 aliphatic heterocycles. The van der Waals surface area contributed by atoms with Crippen LogP contribution in [-0.2, 0) is 11.3 Å². The molecule has 0 atom stereocenters. The summed E-state index contributed by atoms with van der Waals surface area (Å²) in [7, 11) is 3.13. The molecule has 1 saturated carbocycles. The predicted molar refractivity (Wildman–Crippen MR) is 77.2 cm³/mol. The van der Waals surface area contributed by atoms with Crippen molar-refractivity contribution >= 4 is 5.91 Å². The smallest absolute Gasteiger partial charge is 0.224 e. The summed E-state index contributed by atoms with van der Waals surface area (Å²) >= 11 is 0. The van der Waals surface area contributed by atoms with E-state index in [0.717, 1.165) is 31.4 Å². The highest BCUT2D eigenvalue weighted by Crippen LogP contribution is 2.22. The van der Waals surface area contributed by atoms with Gasteiger partial charge in [-0.25, -0.2) is 9.97 Å². The number of methoxy groups -OCH3 is 2. The Hall–Kier alpha value is -1.89. The first-order valence-corrected chi connectivity index (χ1v) is 7.16. The van der Waals surface area contributed by atoms with E-state index in [4.69, 9.17) is 9.47 Å². The molecule has 1 aliphatic rings. The third-order valence-electron chi connectivity index (χ3n) is 3.25. The third kappa shape index (κ3) is 4.86. The minimum absolute atomic E-state index is 0.137. The molecule has 1 aliphatic carbocycles. The third-order valence-corrected chi connectivity index (χ3v) is 3.25. The van der Waals surface area contributed by atoms with Crippen LogP contribution in [0.2, 0.25) is 0 Å². The molecule has 116 valence electrons. The van der Waals surface area contributed by atoms with Gasteiger partial charge in [0.05, 0.1) is 19.8 Å². The summed E-state index contributed by atoms with van der Waals surface area (Å²) in [4.78, 5) is 19.6. The number of rotatable bonds is 9. The number of carbonyl (C=O) groups excluding carboxylic acids is 1. The molecule has 1 fully saturated rings. The summed E-state index contributed by atoms with van der Waals surface area (Å²) < 4.78 is 10.4. The Balaban J connectivity index is 1.71. The normalized spacial score (nSPS) is 13.8.